The molecule has 12 heteroatoms. The van der Waals surface area contributed by atoms with Crippen LogP contribution in [0.25, 0.3) is 11.0 Å². The Balaban J connectivity index is 2.16. The number of carbonyl (C=O) groups excluding carboxylic acids is 1. The van der Waals surface area contributed by atoms with Gasteiger partial charge in [0, 0.05) is 51.1 Å². The number of hydrogen-bond acceptors (Lipinski definition) is 7. The van der Waals surface area contributed by atoms with Crippen molar-refractivity contribution in [2.24, 2.45) is 0 Å². The molecule has 0 aliphatic heterocycles. The number of fused-ring (bicyclic) bond motifs is 1. The van der Waals surface area contributed by atoms with E-state index >= 15 is 4.39 Å². The van der Waals surface area contributed by atoms with Crippen molar-refractivity contribution in [3.63, 3.8) is 0 Å². The van der Waals surface area contributed by atoms with Crippen LogP contribution in [0, 0.1) is 12.7 Å². The van der Waals surface area contributed by atoms with Gasteiger partial charge in [0.15, 0.2) is 11.6 Å². The largest absolute Gasteiger partial charge is 0.422 e. The highest BCUT2D eigenvalue weighted by molar-refractivity contribution is 7.90. The Labute approximate surface area is 215 Å². The quantitative estimate of drug-likeness (QED) is 0.404. The minimum absolute atomic E-state index is 0.0865. The first-order valence-electron chi connectivity index (χ1n) is 11.5. The van der Waals surface area contributed by atoms with E-state index in [1.165, 1.54) is 33.3 Å². The number of benzene rings is 2. The molecule has 1 aromatic heterocycles. The van der Waals surface area contributed by atoms with Crippen molar-refractivity contribution < 1.29 is 26.8 Å². The Morgan fingerprint density at radius 3 is 2.49 bits per heavy atom. The summed E-state index contributed by atoms with van der Waals surface area (Å²) in [5, 5.41) is 0.377. The van der Waals surface area contributed by atoms with Crippen molar-refractivity contribution in [3.05, 3.63) is 68.8 Å². The molecule has 0 saturated carbocycles. The lowest BCUT2D eigenvalue weighted by molar-refractivity contribution is 0.170. The van der Waals surface area contributed by atoms with Gasteiger partial charge in [0.25, 0.3) is 10.2 Å². The maximum absolute atomic E-state index is 15.0. The third-order valence-corrected chi connectivity index (χ3v) is 7.06. The van der Waals surface area contributed by atoms with Crippen LogP contribution in [0.3, 0.4) is 0 Å². The molecule has 1 amide bonds. The molecule has 0 bridgehead atoms. The average molecular weight is 535 g/mol. The summed E-state index contributed by atoms with van der Waals surface area (Å²) in [6.45, 7) is 4.69. The molecule has 10 nitrogen and oxygen atoms in total. The molecule has 0 spiro atoms. The molecule has 3 aromatic rings. The summed E-state index contributed by atoms with van der Waals surface area (Å²) in [6.07, 6.45) is -0.641. The second-order valence-electron chi connectivity index (χ2n) is 8.79. The minimum Gasteiger partial charge on any atom is -0.422 e. The van der Waals surface area contributed by atoms with Gasteiger partial charge in [-0.15, -0.1) is 0 Å². The van der Waals surface area contributed by atoms with E-state index in [9.17, 15) is 18.0 Å². The second-order valence-corrected chi connectivity index (χ2v) is 10.4. The van der Waals surface area contributed by atoms with Crippen molar-refractivity contribution in [2.75, 3.05) is 39.5 Å². The number of anilines is 1. The van der Waals surface area contributed by atoms with Crippen LogP contribution in [0.15, 0.2) is 39.5 Å². The number of amides is 1. The Hall–Kier alpha value is -3.48. The third kappa shape index (κ3) is 6.45. The molecule has 0 aliphatic carbocycles. The third-order valence-electron chi connectivity index (χ3n) is 6.03. The topological polar surface area (TPSA) is 121 Å². The normalized spacial score (nSPS) is 11.7. The number of carbonyl (C=O) groups is 1. The Morgan fingerprint density at radius 1 is 1.16 bits per heavy atom. The van der Waals surface area contributed by atoms with Gasteiger partial charge in [-0.3, -0.25) is 4.72 Å². The Morgan fingerprint density at radius 2 is 1.86 bits per heavy atom. The van der Waals surface area contributed by atoms with Crippen LogP contribution >= 0.6 is 0 Å². The zero-order valence-electron chi connectivity index (χ0n) is 21.6. The Bertz CT molecular complexity index is 1490. The number of ether oxygens (including phenoxy) is 1. The van der Waals surface area contributed by atoms with E-state index in [0.29, 0.717) is 46.4 Å². The van der Waals surface area contributed by atoms with E-state index in [1.807, 2.05) is 18.9 Å². The number of nitrogens with one attached hydrogen (secondary N) is 2. The molecule has 0 atom stereocenters. The van der Waals surface area contributed by atoms with Crippen LogP contribution in [0.5, 0.6) is 5.75 Å². The zero-order valence-corrected chi connectivity index (χ0v) is 22.5. The van der Waals surface area contributed by atoms with Crippen LogP contribution in [0.2, 0.25) is 0 Å². The van der Waals surface area contributed by atoms with E-state index < -0.39 is 27.7 Å². The molecular weight excluding hydrogens is 503 g/mol. The lowest BCUT2D eigenvalue weighted by Crippen LogP contribution is -2.27. The molecule has 0 fully saturated rings. The van der Waals surface area contributed by atoms with Gasteiger partial charge < -0.3 is 19.0 Å². The fourth-order valence-corrected chi connectivity index (χ4v) is 4.29. The van der Waals surface area contributed by atoms with Crippen molar-refractivity contribution in [3.8, 4) is 5.75 Å². The van der Waals surface area contributed by atoms with Crippen LogP contribution in [0.4, 0.5) is 14.9 Å². The SMILES string of the molecule is CCN(C)Cc1c(Cc2cccc(NS(=O)(=O)NC)c2C)c(=O)oc2cc(OC(=O)N(C)C)c(F)cc12. The van der Waals surface area contributed by atoms with Gasteiger partial charge >= 0.3 is 11.7 Å². The number of hydrogen-bond donors (Lipinski definition) is 2. The summed E-state index contributed by atoms with van der Waals surface area (Å²) < 4.78 is 54.3. The van der Waals surface area contributed by atoms with Gasteiger partial charge in [0.05, 0.1) is 5.69 Å². The number of halogens is 1. The molecule has 37 heavy (non-hydrogen) atoms. The number of rotatable bonds is 9. The van der Waals surface area contributed by atoms with Gasteiger partial charge in [-0.2, -0.15) is 8.42 Å². The van der Waals surface area contributed by atoms with Gasteiger partial charge in [0.1, 0.15) is 5.58 Å². The Kier molecular flexibility index (Phi) is 8.57. The first-order valence-corrected chi connectivity index (χ1v) is 13.0. The molecule has 0 aliphatic rings. The molecule has 2 N–H and O–H groups in total. The maximum Gasteiger partial charge on any atom is 0.414 e. The lowest BCUT2D eigenvalue weighted by atomic mass is 9.95. The molecule has 3 rings (SSSR count). The van der Waals surface area contributed by atoms with Crippen LogP contribution in [0.1, 0.15) is 29.2 Å². The van der Waals surface area contributed by atoms with Crippen LogP contribution in [-0.4, -0.2) is 59.0 Å². The zero-order chi connectivity index (χ0) is 27.5. The molecule has 1 heterocycles. The summed E-state index contributed by atoms with van der Waals surface area (Å²) >= 11 is 0. The summed E-state index contributed by atoms with van der Waals surface area (Å²) in [5.74, 6) is -1.13. The average Bonchev–Trinajstić information content (AvgIpc) is 2.84. The molecule has 0 radical (unpaired) electrons. The minimum atomic E-state index is -3.74. The molecule has 200 valence electrons. The molecule has 0 unspecified atom stereocenters. The van der Waals surface area contributed by atoms with E-state index in [-0.39, 0.29) is 17.8 Å². The van der Waals surface area contributed by atoms with Crippen molar-refractivity contribution in [2.45, 2.75) is 26.8 Å². The highest BCUT2D eigenvalue weighted by atomic mass is 32.2. The predicted octanol–water partition coefficient (Wildman–Crippen LogP) is 3.22. The second kappa shape index (κ2) is 11.3. The lowest BCUT2D eigenvalue weighted by Gasteiger charge is -2.20. The van der Waals surface area contributed by atoms with E-state index in [1.54, 1.807) is 25.1 Å². The molecule has 0 saturated heterocycles. The predicted molar refractivity (Wildman–Crippen MR) is 140 cm³/mol. The fraction of sp³-hybridized carbons (Fsp3) is 0.360. The van der Waals surface area contributed by atoms with E-state index in [4.69, 9.17) is 9.15 Å². The van der Waals surface area contributed by atoms with Crippen LogP contribution in [-0.2, 0) is 23.2 Å². The van der Waals surface area contributed by atoms with Gasteiger partial charge in [-0.05, 0) is 49.3 Å². The van der Waals surface area contributed by atoms with Gasteiger partial charge in [-0.1, -0.05) is 19.1 Å². The molecular formula is C25H31FN4O6S. The smallest absolute Gasteiger partial charge is 0.414 e. The highest BCUT2D eigenvalue weighted by Gasteiger charge is 2.21. The van der Waals surface area contributed by atoms with Crippen molar-refractivity contribution in [1.29, 1.82) is 0 Å². The van der Waals surface area contributed by atoms with E-state index in [0.717, 1.165) is 4.90 Å². The fourth-order valence-electron chi connectivity index (χ4n) is 3.68. The molecule has 2 aromatic carbocycles. The first-order chi connectivity index (χ1) is 17.4. The van der Waals surface area contributed by atoms with Gasteiger partial charge in [-0.25, -0.2) is 18.7 Å². The summed E-state index contributed by atoms with van der Waals surface area (Å²) in [4.78, 5) is 28.3. The summed E-state index contributed by atoms with van der Waals surface area (Å²) in [7, 11) is 2.35. The van der Waals surface area contributed by atoms with Crippen LogP contribution < -0.4 is 19.8 Å². The van der Waals surface area contributed by atoms with Crippen molar-refractivity contribution in [1.82, 2.24) is 14.5 Å². The summed E-state index contributed by atoms with van der Waals surface area (Å²) in [6, 6.07) is 7.48. The maximum atomic E-state index is 15.0. The van der Waals surface area contributed by atoms with Gasteiger partial charge in [0.2, 0.25) is 0 Å². The highest BCUT2D eigenvalue weighted by Crippen LogP contribution is 2.31. The van der Waals surface area contributed by atoms with Crippen molar-refractivity contribution >= 4 is 33.0 Å². The monoisotopic (exact) mass is 534 g/mol. The standard InChI is InChI=1S/C25H31FN4O6S/c1-7-30(6)14-19-17-12-20(26)23(36-25(32)29(4)5)13-22(17)35-24(31)18(19)11-16-9-8-10-21(15(16)2)28-37(33,34)27-3/h8-10,12-13,27-28H,7,11,14H2,1-6H3. The summed E-state index contributed by atoms with van der Waals surface area (Å²) in [5.41, 5.74) is 2.05. The van der Waals surface area contributed by atoms with E-state index in [2.05, 4.69) is 9.44 Å². The number of nitrogens with zero attached hydrogens (tertiary/aromatic N) is 2. The first kappa shape index (κ1) is 28.1.